The fourth-order valence-corrected chi connectivity index (χ4v) is 21.8. The predicted octanol–water partition coefficient (Wildman–Crippen LogP) is 36.1. The molecule has 2 aromatic heterocycles. The molecule has 0 spiro atoms. The van der Waals surface area contributed by atoms with Gasteiger partial charge in [-0.1, -0.05) is 362 Å². The highest BCUT2D eigenvalue weighted by Gasteiger charge is 2.46. The molecule has 0 bridgehead atoms. The number of hydrogen-bond donors (Lipinski definition) is 0. The lowest BCUT2D eigenvalue weighted by atomic mass is 9.33. The van der Waals surface area contributed by atoms with Gasteiger partial charge >= 0.3 is 0 Å². The average Bonchev–Trinajstić information content (AvgIpc) is 0.941. The molecule has 0 atom stereocenters. The first-order valence-electron chi connectivity index (χ1n) is 56.0. The summed E-state index contributed by atoms with van der Waals surface area (Å²) in [6, 6.07) is 88.9. The summed E-state index contributed by atoms with van der Waals surface area (Å²) in [5, 5.41) is 4.62. The first kappa shape index (κ1) is 86.2. The molecule has 4 nitrogen and oxygen atoms in total. The van der Waals surface area contributed by atoms with Gasteiger partial charge in [0.25, 0.3) is 6.71 Å². The monoisotopic (exact) mass is 1840 g/mol. The van der Waals surface area contributed by atoms with Crippen molar-refractivity contribution in [2.24, 2.45) is 59.6 Å². The number of rotatable bonds is 19. The molecule has 15 aromatic rings. The maximum atomic E-state index is 11.4. The number of benzene rings is 13. The fourth-order valence-electron chi connectivity index (χ4n) is 21.8. The molecule has 0 unspecified atom stereocenters. The zero-order valence-corrected chi connectivity index (χ0v) is 89.7. The Hall–Kier alpha value is -10.9. The van der Waals surface area contributed by atoms with Crippen LogP contribution < -0.4 is 26.2 Å². The van der Waals surface area contributed by atoms with E-state index in [2.05, 4.69) is 338 Å². The van der Waals surface area contributed by atoms with Crippen LogP contribution >= 0.6 is 0 Å². The Labute approximate surface area is 846 Å². The van der Waals surface area contributed by atoms with Gasteiger partial charge in [0.15, 0.2) is 0 Å². The van der Waals surface area contributed by atoms with Crippen LogP contribution in [0.25, 0.3) is 99.5 Å². The van der Waals surface area contributed by atoms with Gasteiger partial charge in [-0.25, -0.2) is 0 Å². The van der Waals surface area contributed by atoms with Crippen LogP contribution in [-0.4, -0.2) is 15.8 Å². The van der Waals surface area contributed by atoms with Crippen molar-refractivity contribution < 1.29 is 13.7 Å². The molecule has 2 aliphatic rings. The lowest BCUT2D eigenvalue weighted by molar-refractivity contribution is 0.410. The summed E-state index contributed by atoms with van der Waals surface area (Å²) >= 11 is 0. The van der Waals surface area contributed by atoms with Crippen LogP contribution in [0.3, 0.4) is 0 Å². The quantitative estimate of drug-likeness (QED) is 0.0750. The van der Waals surface area contributed by atoms with E-state index in [4.69, 9.17) is 0 Å². The maximum Gasteiger partial charge on any atom is 0.252 e. The minimum Gasteiger partial charge on any atom is -0.311 e. The van der Waals surface area contributed by atoms with Crippen LogP contribution in [-0.2, 0) is 70.4 Å². The molecule has 716 valence electrons. The Morgan fingerprint density at radius 2 is 0.471 bits per heavy atom. The van der Waals surface area contributed by atoms with Gasteiger partial charge in [-0.3, -0.25) is 0 Å². The highest BCUT2D eigenvalue weighted by atomic mass is 15.2. The van der Waals surface area contributed by atoms with E-state index in [1.54, 1.807) is 0 Å². The van der Waals surface area contributed by atoms with Crippen LogP contribution in [0.5, 0.6) is 0 Å². The minimum absolute atomic E-state index is 0.00843. The molecule has 13 aromatic carbocycles. The van der Waals surface area contributed by atoms with Crippen molar-refractivity contribution in [2.75, 3.05) is 9.80 Å². The van der Waals surface area contributed by atoms with E-state index in [9.17, 15) is 13.7 Å². The zero-order chi connectivity index (χ0) is 108. The van der Waals surface area contributed by atoms with Gasteiger partial charge in [-0.05, 0) is 350 Å². The normalized spacial score (nSPS) is 15.4. The van der Waals surface area contributed by atoms with Gasteiger partial charge in [0.1, 0.15) is 0 Å². The highest BCUT2D eigenvalue weighted by molar-refractivity contribution is 7.00. The van der Waals surface area contributed by atoms with Crippen molar-refractivity contribution in [2.45, 2.75) is 299 Å². The third kappa shape index (κ3) is 22.3. The Morgan fingerprint density at radius 3 is 0.732 bits per heavy atom. The van der Waals surface area contributed by atoms with Crippen molar-refractivity contribution in [3.05, 3.63) is 304 Å². The molecule has 138 heavy (non-hydrogen) atoms. The molecule has 0 fully saturated rings. The predicted molar refractivity (Wildman–Crippen MR) is 606 cm³/mol. The summed E-state index contributed by atoms with van der Waals surface area (Å²) in [4.78, 5) is 4.92. The van der Waals surface area contributed by atoms with Crippen molar-refractivity contribution in [1.82, 2.24) is 9.13 Å². The third-order valence-corrected chi connectivity index (χ3v) is 25.9. The standard InChI is InChI=1S/C133H161BN4/c1-123(2,3)74-85-38-34-42-94(58-85)102-72-116(104(68-98(102)83-132(28,29)30)96-44-36-40-87(60-96)76-125(7,8)9)137-118-70-100(135-112-54-46-89(78-127(13,14)15)62-106(112)107-63-90(47-55-113(107)135)79-128(16,17)18)50-52-110(118)134-111-53-51-101(136-114-56-48-91(80-129(19,20)21)64-108(114)109-65-92(49-57-115(109)136)81-130(22,23)24)71-119(111)138(121-67-93(82-131(25,26)27)66-120(137)122(121)134)117-73-103(95-43-35-39-86(59-95)75-124(4,5)6)99(84-133(31,32)33)69-105(117)97-45-37-41-88(61-97)77-126(10,11)12/h34-73H,74-84H2,1-33H3/i74D2,75D2,76D2,77D2,82D2. The molecular weight excluding hydrogens is 1660 g/mol. The molecule has 0 N–H and O–H groups in total. The van der Waals surface area contributed by atoms with Gasteiger partial charge in [0.05, 0.1) is 33.4 Å². The van der Waals surface area contributed by atoms with E-state index in [1.807, 2.05) is 152 Å². The minimum atomic E-state index is -2.12. The molecule has 17 rings (SSSR count). The summed E-state index contributed by atoms with van der Waals surface area (Å²) in [5.74, 6) is 0. The lowest BCUT2D eigenvalue weighted by Gasteiger charge is -2.46. The van der Waals surface area contributed by atoms with Crippen LogP contribution in [0, 0.1) is 59.6 Å². The number of nitrogens with zero attached hydrogens (tertiary/aromatic N) is 4. The van der Waals surface area contributed by atoms with Crippen LogP contribution in [0.15, 0.2) is 243 Å². The summed E-state index contributed by atoms with van der Waals surface area (Å²) in [7, 11) is 0. The molecule has 5 heteroatoms. The van der Waals surface area contributed by atoms with Crippen LogP contribution in [0.1, 0.15) is 303 Å². The van der Waals surface area contributed by atoms with Gasteiger partial charge < -0.3 is 18.9 Å². The van der Waals surface area contributed by atoms with E-state index in [1.165, 1.54) is 22.3 Å². The first-order valence-corrected chi connectivity index (χ1v) is 51.0. The zero-order valence-electron chi connectivity index (χ0n) is 99.7. The second-order valence-corrected chi connectivity index (χ2v) is 53.3. The summed E-state index contributed by atoms with van der Waals surface area (Å²) in [6.07, 6.45) is -4.72. The molecule has 0 radical (unpaired) electrons. The van der Waals surface area contributed by atoms with Crippen molar-refractivity contribution in [3.8, 4) is 55.9 Å². The van der Waals surface area contributed by atoms with Gasteiger partial charge in [-0.2, -0.15) is 0 Å². The molecule has 0 saturated heterocycles. The topological polar surface area (TPSA) is 16.3 Å². The van der Waals surface area contributed by atoms with E-state index in [0.717, 1.165) is 175 Å². The van der Waals surface area contributed by atoms with Gasteiger partial charge in [0.2, 0.25) is 0 Å². The summed E-state index contributed by atoms with van der Waals surface area (Å²) < 4.78 is 109. The van der Waals surface area contributed by atoms with Gasteiger partial charge in [0, 0.05) is 80.5 Å². The Bertz CT molecular complexity index is 7140. The SMILES string of the molecule is [2H]C([2H])(c1cccc(-c2cc(N3c4cc(-n5c6ccc(CC(C)(C)C)cc6c6cc(CC(C)(C)C)ccc65)ccc4B4c5ccc(-n6c7ccc(CC(C)(C)C)cc7c7cc(CC(C)(C)C)ccc76)cc5N(c5cc(-c6cccc(C([2H])([2H])C(C)(C)C)c6)c(CC(C)(C)C)cc5-c5cccc(C([2H])([2H])C(C)(C)C)c5)c5cc(C([2H])([2H])C(C)(C)C)cc3c54)c(-c3cccc(C([2H])([2H])C(C)(C)C)c3)cc2CC(C)(C)C)c1)C(C)(C)C. The van der Waals surface area contributed by atoms with Crippen LogP contribution in [0.4, 0.5) is 34.1 Å². The highest BCUT2D eigenvalue weighted by Crippen LogP contribution is 2.55. The van der Waals surface area contributed by atoms with Crippen molar-refractivity contribution in [1.29, 1.82) is 0 Å². The van der Waals surface area contributed by atoms with E-state index in [0.29, 0.717) is 52.0 Å². The Balaban J connectivity index is 1.12. The molecular formula is C133H161BN4. The summed E-state index contributed by atoms with van der Waals surface area (Å²) in [5.41, 5.74) is 24.6. The largest absolute Gasteiger partial charge is 0.311 e. The van der Waals surface area contributed by atoms with Crippen molar-refractivity contribution in [3.63, 3.8) is 0 Å². The van der Waals surface area contributed by atoms with Gasteiger partial charge in [-0.15, -0.1) is 0 Å². The molecule has 4 heterocycles. The maximum absolute atomic E-state index is 11.4. The van der Waals surface area contributed by atoms with Crippen molar-refractivity contribution >= 4 is 101 Å². The van der Waals surface area contributed by atoms with Crippen LogP contribution in [0.2, 0.25) is 0 Å². The average molecular weight is 1840 g/mol. The molecule has 2 aliphatic heterocycles. The Kier molecular flexibility index (Phi) is 22.3. The molecule has 0 aliphatic carbocycles. The number of hydrogen-bond acceptors (Lipinski definition) is 2. The smallest absolute Gasteiger partial charge is 0.252 e. The first-order chi connectivity index (χ1) is 68.0. The number of fused-ring (bicyclic) bond motifs is 10. The Morgan fingerprint density at radius 1 is 0.210 bits per heavy atom. The van der Waals surface area contributed by atoms with E-state index in [-0.39, 0.29) is 32.5 Å². The lowest BCUT2D eigenvalue weighted by Crippen LogP contribution is -2.61. The second-order valence-electron chi connectivity index (χ2n) is 53.3. The molecule has 0 saturated carbocycles. The third-order valence-electron chi connectivity index (χ3n) is 25.9. The fraction of sp³-hybridized carbons (Fsp3) is 0.414. The molecule has 0 amide bonds. The summed E-state index contributed by atoms with van der Waals surface area (Å²) in [6.45, 7) is 70.3. The number of aromatic nitrogens is 2. The second kappa shape index (κ2) is 35.7. The van der Waals surface area contributed by atoms with E-state index >= 15 is 0 Å². The van der Waals surface area contributed by atoms with E-state index < -0.39 is 65.7 Å². The number of anilines is 6.